The van der Waals surface area contributed by atoms with E-state index in [1.54, 1.807) is 0 Å². The Hall–Kier alpha value is -2.25. The molecule has 1 N–H and O–H groups in total. The SMILES string of the molecule is COC(=O)[C@@H]1C2[C@H](CN1C(=O)CNc1c(F)cc(F)cc1F)C2(C)C. The van der Waals surface area contributed by atoms with Crippen LogP contribution in [-0.4, -0.2) is 43.0 Å². The van der Waals surface area contributed by atoms with Gasteiger partial charge in [-0.1, -0.05) is 13.8 Å². The van der Waals surface area contributed by atoms with Crippen LogP contribution in [-0.2, 0) is 14.3 Å². The van der Waals surface area contributed by atoms with E-state index in [9.17, 15) is 22.8 Å². The van der Waals surface area contributed by atoms with Crippen LogP contribution in [0.15, 0.2) is 12.1 Å². The fraction of sp³-hybridized carbons (Fsp3) is 0.529. The first kappa shape index (κ1) is 17.6. The summed E-state index contributed by atoms with van der Waals surface area (Å²) < 4.78 is 45.0. The molecule has 0 radical (unpaired) electrons. The first-order valence-electron chi connectivity index (χ1n) is 7.94. The van der Waals surface area contributed by atoms with Gasteiger partial charge in [-0.25, -0.2) is 18.0 Å². The molecule has 8 heteroatoms. The molecule has 3 rings (SSSR count). The van der Waals surface area contributed by atoms with Crippen molar-refractivity contribution in [3.8, 4) is 0 Å². The quantitative estimate of drug-likeness (QED) is 0.840. The minimum atomic E-state index is -1.12. The van der Waals surface area contributed by atoms with Crippen molar-refractivity contribution in [2.75, 3.05) is 25.5 Å². The van der Waals surface area contributed by atoms with Crippen LogP contribution in [0.2, 0.25) is 0 Å². The molecule has 1 saturated heterocycles. The van der Waals surface area contributed by atoms with Crippen molar-refractivity contribution in [2.45, 2.75) is 19.9 Å². The van der Waals surface area contributed by atoms with Crippen LogP contribution in [0.4, 0.5) is 18.9 Å². The van der Waals surface area contributed by atoms with E-state index in [-0.39, 0.29) is 17.3 Å². The molecule has 1 aromatic carbocycles. The highest BCUT2D eigenvalue weighted by atomic mass is 19.1. The molecule has 0 bridgehead atoms. The van der Waals surface area contributed by atoms with Gasteiger partial charge in [0, 0.05) is 24.6 Å². The number of piperidine rings is 1. The molecule has 0 aromatic heterocycles. The van der Waals surface area contributed by atoms with Gasteiger partial charge in [0.05, 0.1) is 13.7 Å². The van der Waals surface area contributed by atoms with Crippen LogP contribution >= 0.6 is 0 Å². The van der Waals surface area contributed by atoms with Crippen molar-refractivity contribution in [2.24, 2.45) is 17.3 Å². The second kappa shape index (κ2) is 5.93. The number of nitrogens with zero attached hydrogens (tertiary/aromatic N) is 1. The normalized spacial score (nSPS) is 26.2. The van der Waals surface area contributed by atoms with Gasteiger partial charge in [0.2, 0.25) is 5.91 Å². The Morgan fingerprint density at radius 2 is 1.88 bits per heavy atom. The van der Waals surface area contributed by atoms with Gasteiger partial charge in [-0.2, -0.15) is 0 Å². The highest BCUT2D eigenvalue weighted by Crippen LogP contribution is 2.64. The molecule has 1 heterocycles. The minimum Gasteiger partial charge on any atom is -0.467 e. The maximum absolute atomic E-state index is 13.6. The van der Waals surface area contributed by atoms with Gasteiger partial charge in [-0.05, 0) is 11.3 Å². The Morgan fingerprint density at radius 3 is 2.44 bits per heavy atom. The number of halogens is 3. The molecule has 3 atom stereocenters. The summed E-state index contributed by atoms with van der Waals surface area (Å²) >= 11 is 0. The van der Waals surface area contributed by atoms with E-state index in [4.69, 9.17) is 4.74 Å². The predicted molar refractivity (Wildman–Crippen MR) is 83.1 cm³/mol. The maximum Gasteiger partial charge on any atom is 0.328 e. The number of methoxy groups -OCH3 is 1. The number of hydrogen-bond donors (Lipinski definition) is 1. The van der Waals surface area contributed by atoms with E-state index >= 15 is 0 Å². The van der Waals surface area contributed by atoms with E-state index in [0.717, 1.165) is 0 Å². The lowest BCUT2D eigenvalue weighted by molar-refractivity contribution is -0.152. The Labute approximate surface area is 143 Å². The highest BCUT2D eigenvalue weighted by Gasteiger charge is 2.69. The summed E-state index contributed by atoms with van der Waals surface area (Å²) in [4.78, 5) is 25.9. The van der Waals surface area contributed by atoms with Crippen molar-refractivity contribution in [3.05, 3.63) is 29.6 Å². The molecule has 2 fully saturated rings. The summed E-state index contributed by atoms with van der Waals surface area (Å²) in [5.41, 5.74) is -0.618. The molecule has 0 spiro atoms. The van der Waals surface area contributed by atoms with Crippen molar-refractivity contribution >= 4 is 17.6 Å². The van der Waals surface area contributed by atoms with Crippen LogP contribution in [0.1, 0.15) is 13.8 Å². The number of nitrogens with one attached hydrogen (secondary N) is 1. The molecule has 1 aliphatic heterocycles. The van der Waals surface area contributed by atoms with Gasteiger partial charge in [0.25, 0.3) is 0 Å². The van der Waals surface area contributed by atoms with Crippen molar-refractivity contribution in [3.63, 3.8) is 0 Å². The van der Waals surface area contributed by atoms with E-state index in [2.05, 4.69) is 5.32 Å². The Kier molecular flexibility index (Phi) is 4.17. The number of ether oxygens (including phenoxy) is 1. The topological polar surface area (TPSA) is 58.6 Å². The average Bonchev–Trinajstić information content (AvgIpc) is 2.90. The second-order valence-corrected chi connectivity index (χ2v) is 7.07. The monoisotopic (exact) mass is 356 g/mol. The van der Waals surface area contributed by atoms with Gasteiger partial charge in [-0.15, -0.1) is 0 Å². The molecular formula is C17H19F3N2O3. The molecule has 2 aliphatic rings. The summed E-state index contributed by atoms with van der Waals surface area (Å²) in [5.74, 6) is -4.05. The predicted octanol–water partition coefficient (Wildman–Crippen LogP) is 2.17. The largest absolute Gasteiger partial charge is 0.467 e. The molecule has 1 amide bonds. The summed E-state index contributed by atoms with van der Waals surface area (Å²) in [7, 11) is 1.26. The lowest BCUT2D eigenvalue weighted by Gasteiger charge is -2.29. The minimum absolute atomic E-state index is 0.0168. The molecule has 1 saturated carbocycles. The van der Waals surface area contributed by atoms with Crippen LogP contribution in [0, 0.1) is 34.7 Å². The lowest BCUT2D eigenvalue weighted by Crippen LogP contribution is -2.47. The van der Waals surface area contributed by atoms with Crippen molar-refractivity contribution < 1.29 is 27.5 Å². The van der Waals surface area contributed by atoms with Crippen molar-refractivity contribution in [1.82, 2.24) is 4.90 Å². The molecule has 136 valence electrons. The smallest absolute Gasteiger partial charge is 0.328 e. The standard InChI is InChI=1S/C17H19F3N2O3/c1-17(2)9-7-22(15(13(9)17)16(24)25-3)12(23)6-21-14-10(19)4-8(18)5-11(14)20/h4-5,9,13,15,21H,6-7H2,1-3H3/t9-,13?,15-/m0/s1. The van der Waals surface area contributed by atoms with Crippen molar-refractivity contribution in [1.29, 1.82) is 0 Å². The van der Waals surface area contributed by atoms with E-state index < -0.39 is 47.6 Å². The zero-order valence-corrected chi connectivity index (χ0v) is 14.1. The maximum atomic E-state index is 13.6. The van der Waals surface area contributed by atoms with Crippen LogP contribution in [0.5, 0.6) is 0 Å². The third kappa shape index (κ3) is 2.83. The number of esters is 1. The molecule has 1 unspecified atom stereocenters. The number of carbonyl (C=O) groups excluding carboxylic acids is 2. The first-order valence-corrected chi connectivity index (χ1v) is 7.94. The molecular weight excluding hydrogens is 337 g/mol. The van der Waals surface area contributed by atoms with Gasteiger partial charge >= 0.3 is 5.97 Å². The number of fused-ring (bicyclic) bond motifs is 1. The van der Waals surface area contributed by atoms with Crippen LogP contribution < -0.4 is 5.32 Å². The van der Waals surface area contributed by atoms with Crippen LogP contribution in [0.25, 0.3) is 0 Å². The molecule has 25 heavy (non-hydrogen) atoms. The van der Waals surface area contributed by atoms with Crippen LogP contribution in [0.3, 0.4) is 0 Å². The number of carbonyl (C=O) groups is 2. The van der Waals surface area contributed by atoms with E-state index in [1.807, 2.05) is 13.8 Å². The lowest BCUT2D eigenvalue weighted by atomic mass is 10.0. The first-order chi connectivity index (χ1) is 11.7. The van der Waals surface area contributed by atoms with E-state index in [0.29, 0.717) is 18.7 Å². The summed E-state index contributed by atoms with van der Waals surface area (Å²) in [5, 5.41) is 2.35. The number of anilines is 1. The van der Waals surface area contributed by atoms with Gasteiger partial charge < -0.3 is 15.0 Å². The van der Waals surface area contributed by atoms with E-state index in [1.165, 1.54) is 12.0 Å². The zero-order chi connectivity index (χ0) is 18.5. The average molecular weight is 356 g/mol. The third-order valence-corrected chi connectivity index (χ3v) is 5.39. The molecule has 5 nitrogen and oxygen atoms in total. The fourth-order valence-electron chi connectivity index (χ4n) is 3.91. The highest BCUT2D eigenvalue weighted by molar-refractivity contribution is 5.88. The number of hydrogen-bond acceptors (Lipinski definition) is 4. The molecule has 1 aliphatic carbocycles. The van der Waals surface area contributed by atoms with Gasteiger partial charge in [0.1, 0.15) is 17.5 Å². The molecule has 1 aromatic rings. The van der Waals surface area contributed by atoms with Gasteiger partial charge in [0.15, 0.2) is 11.6 Å². The Morgan fingerprint density at radius 1 is 1.28 bits per heavy atom. The second-order valence-electron chi connectivity index (χ2n) is 7.07. The number of likely N-dealkylation sites (tertiary alicyclic amines) is 1. The summed E-state index contributed by atoms with van der Waals surface area (Å²) in [6.45, 7) is 4.04. The summed E-state index contributed by atoms with van der Waals surface area (Å²) in [6.07, 6.45) is 0. The number of amides is 1. The number of benzene rings is 1. The number of rotatable bonds is 4. The zero-order valence-electron chi connectivity index (χ0n) is 14.1. The Bertz CT molecular complexity index is 715. The van der Waals surface area contributed by atoms with Gasteiger partial charge in [-0.3, -0.25) is 4.79 Å². The Balaban J connectivity index is 1.71. The summed E-state index contributed by atoms with van der Waals surface area (Å²) in [6, 6.07) is 0.365. The third-order valence-electron chi connectivity index (χ3n) is 5.39. The fourth-order valence-corrected chi connectivity index (χ4v) is 3.91.